The highest BCUT2D eigenvalue weighted by Gasteiger charge is 2.51. The van der Waals surface area contributed by atoms with Gasteiger partial charge in [-0.2, -0.15) is 0 Å². The van der Waals surface area contributed by atoms with Gasteiger partial charge < -0.3 is 10.2 Å². The summed E-state index contributed by atoms with van der Waals surface area (Å²) in [5.41, 5.74) is 2.20. The Morgan fingerprint density at radius 2 is 1.75 bits per heavy atom. The maximum atomic E-state index is 10.1. The fraction of sp³-hybridized carbons (Fsp3) is 0.909. The molecule has 3 aliphatic carbocycles. The first-order valence-electron chi connectivity index (χ1n) is 10.4. The van der Waals surface area contributed by atoms with Crippen molar-refractivity contribution in [3.63, 3.8) is 0 Å². The molecule has 0 bridgehead atoms. The third kappa shape index (κ3) is 3.46. The Kier molecular flexibility index (Phi) is 6.58. The standard InChI is InChI=1S/C20H34O2.C2H6/c1-14-4-5-15-12-16(6-9-19(14,15)2)20(3)10-7-18(22)13-17(20)8-11-21;1-2/h15-18,21-22H,1,4-13H2,2-3H3;1-2H3/t15?,16?,17-,18-,19?,20+;/m0./s1. The number of aliphatic hydroxyl groups excluding tert-OH is 2. The Bertz CT molecular complexity index is 432. The molecule has 3 aliphatic rings. The zero-order valence-electron chi connectivity index (χ0n) is 16.5. The van der Waals surface area contributed by atoms with Crippen molar-refractivity contribution >= 4 is 0 Å². The van der Waals surface area contributed by atoms with Crippen molar-refractivity contribution in [2.24, 2.45) is 28.6 Å². The molecular weight excluding hydrogens is 296 g/mol. The highest BCUT2D eigenvalue weighted by molar-refractivity contribution is 5.19. The van der Waals surface area contributed by atoms with E-state index in [0.717, 1.165) is 37.5 Å². The minimum atomic E-state index is -0.148. The van der Waals surface area contributed by atoms with E-state index in [1.54, 1.807) is 0 Å². The van der Waals surface area contributed by atoms with Gasteiger partial charge in [0.15, 0.2) is 0 Å². The van der Waals surface area contributed by atoms with Crippen molar-refractivity contribution in [3.05, 3.63) is 12.2 Å². The van der Waals surface area contributed by atoms with Crippen LogP contribution in [0.25, 0.3) is 0 Å². The lowest BCUT2D eigenvalue weighted by atomic mass is 9.52. The number of hydrogen-bond donors (Lipinski definition) is 2. The van der Waals surface area contributed by atoms with Crippen LogP contribution in [0.2, 0.25) is 0 Å². The predicted molar refractivity (Wildman–Crippen MR) is 102 cm³/mol. The van der Waals surface area contributed by atoms with Crippen molar-refractivity contribution in [2.75, 3.05) is 6.61 Å². The summed E-state index contributed by atoms with van der Waals surface area (Å²) in [7, 11) is 0. The first kappa shape index (κ1) is 20.0. The molecule has 2 heteroatoms. The van der Waals surface area contributed by atoms with Gasteiger partial charge >= 0.3 is 0 Å². The molecule has 6 atom stereocenters. The van der Waals surface area contributed by atoms with Gasteiger partial charge in [0.1, 0.15) is 0 Å². The molecule has 2 nitrogen and oxygen atoms in total. The number of aliphatic hydroxyl groups is 2. The van der Waals surface area contributed by atoms with Crippen LogP contribution in [-0.4, -0.2) is 22.9 Å². The van der Waals surface area contributed by atoms with Crippen LogP contribution in [0.4, 0.5) is 0 Å². The first-order valence-corrected chi connectivity index (χ1v) is 10.4. The van der Waals surface area contributed by atoms with Crippen molar-refractivity contribution < 1.29 is 10.2 Å². The molecule has 140 valence electrons. The third-order valence-corrected chi connectivity index (χ3v) is 8.00. The molecule has 2 N–H and O–H groups in total. The summed E-state index contributed by atoms with van der Waals surface area (Å²) in [6.07, 6.45) is 10.2. The molecule has 3 fully saturated rings. The maximum Gasteiger partial charge on any atom is 0.0543 e. The molecule has 0 aliphatic heterocycles. The number of hydrogen-bond acceptors (Lipinski definition) is 2. The van der Waals surface area contributed by atoms with Crippen LogP contribution in [0.5, 0.6) is 0 Å². The quantitative estimate of drug-likeness (QED) is 0.683. The fourth-order valence-electron chi connectivity index (χ4n) is 6.07. The Hall–Kier alpha value is -0.340. The average molecular weight is 337 g/mol. The van der Waals surface area contributed by atoms with E-state index in [2.05, 4.69) is 20.4 Å². The van der Waals surface area contributed by atoms with Crippen LogP contribution in [0.15, 0.2) is 12.2 Å². The zero-order valence-corrected chi connectivity index (χ0v) is 16.5. The van der Waals surface area contributed by atoms with Crippen molar-refractivity contribution in [1.29, 1.82) is 0 Å². The highest BCUT2D eigenvalue weighted by Crippen LogP contribution is 2.61. The van der Waals surface area contributed by atoms with Gasteiger partial charge in [0.2, 0.25) is 0 Å². The molecular formula is C22H40O2. The Balaban J connectivity index is 0.00000100. The third-order valence-electron chi connectivity index (χ3n) is 8.00. The lowest BCUT2D eigenvalue weighted by Crippen LogP contribution is -2.45. The molecule has 0 aromatic carbocycles. The minimum absolute atomic E-state index is 0.148. The van der Waals surface area contributed by atoms with Crippen LogP contribution in [0, 0.1) is 28.6 Å². The SMILES string of the molecule is C=C1CCC2CC([C@@]3(C)CC[C@H](O)C[C@@H]3CCO)CCC12C.CC. The highest BCUT2D eigenvalue weighted by atomic mass is 16.3. The largest absolute Gasteiger partial charge is 0.396 e. The van der Waals surface area contributed by atoms with Gasteiger partial charge in [0, 0.05) is 6.61 Å². The van der Waals surface area contributed by atoms with E-state index in [1.165, 1.54) is 37.7 Å². The normalized spacial score (nSPS) is 45.3. The van der Waals surface area contributed by atoms with E-state index in [4.69, 9.17) is 0 Å². The average Bonchev–Trinajstić information content (AvgIpc) is 2.88. The van der Waals surface area contributed by atoms with E-state index in [1.807, 2.05) is 13.8 Å². The smallest absolute Gasteiger partial charge is 0.0543 e. The van der Waals surface area contributed by atoms with Crippen molar-refractivity contribution in [1.82, 2.24) is 0 Å². The van der Waals surface area contributed by atoms with Gasteiger partial charge in [-0.05, 0) is 86.4 Å². The van der Waals surface area contributed by atoms with Gasteiger partial charge in [0.05, 0.1) is 6.10 Å². The van der Waals surface area contributed by atoms with Crippen LogP contribution in [0.1, 0.15) is 85.5 Å². The molecule has 0 aromatic heterocycles. The van der Waals surface area contributed by atoms with Crippen LogP contribution in [-0.2, 0) is 0 Å². The Labute approximate surface area is 149 Å². The summed E-state index contributed by atoms with van der Waals surface area (Å²) in [4.78, 5) is 0. The van der Waals surface area contributed by atoms with Gasteiger partial charge in [-0.3, -0.25) is 0 Å². The molecule has 0 amide bonds. The summed E-state index contributed by atoms with van der Waals surface area (Å²) >= 11 is 0. The van der Waals surface area contributed by atoms with Crippen LogP contribution < -0.4 is 0 Å². The molecule has 0 heterocycles. The summed E-state index contributed by atoms with van der Waals surface area (Å²) in [6.45, 7) is 13.5. The fourth-order valence-corrected chi connectivity index (χ4v) is 6.07. The number of fused-ring (bicyclic) bond motifs is 1. The summed E-state index contributed by atoms with van der Waals surface area (Å²) in [5.74, 6) is 2.07. The lowest BCUT2D eigenvalue weighted by molar-refractivity contribution is -0.0557. The van der Waals surface area contributed by atoms with E-state index in [0.29, 0.717) is 16.7 Å². The summed E-state index contributed by atoms with van der Waals surface area (Å²) in [5, 5.41) is 19.5. The second-order valence-corrected chi connectivity index (χ2v) is 8.87. The van der Waals surface area contributed by atoms with E-state index >= 15 is 0 Å². The second-order valence-electron chi connectivity index (χ2n) is 8.87. The van der Waals surface area contributed by atoms with Gasteiger partial charge in [0.25, 0.3) is 0 Å². The predicted octanol–water partition coefficient (Wildman–Crippen LogP) is 5.33. The molecule has 3 unspecified atom stereocenters. The molecule has 24 heavy (non-hydrogen) atoms. The molecule has 0 aromatic rings. The van der Waals surface area contributed by atoms with Crippen molar-refractivity contribution in [2.45, 2.75) is 91.6 Å². The van der Waals surface area contributed by atoms with E-state index in [9.17, 15) is 10.2 Å². The molecule has 3 rings (SSSR count). The molecule has 0 saturated heterocycles. The number of allylic oxidation sites excluding steroid dienone is 1. The second kappa shape index (κ2) is 7.91. The van der Waals surface area contributed by atoms with Gasteiger partial charge in [-0.1, -0.05) is 39.8 Å². The van der Waals surface area contributed by atoms with E-state index in [-0.39, 0.29) is 12.7 Å². The van der Waals surface area contributed by atoms with Gasteiger partial charge in [-0.25, -0.2) is 0 Å². The monoisotopic (exact) mass is 336 g/mol. The Morgan fingerprint density at radius 1 is 1.04 bits per heavy atom. The lowest BCUT2D eigenvalue weighted by Gasteiger charge is -2.53. The Morgan fingerprint density at radius 3 is 2.42 bits per heavy atom. The van der Waals surface area contributed by atoms with E-state index < -0.39 is 0 Å². The van der Waals surface area contributed by atoms with Crippen molar-refractivity contribution in [3.8, 4) is 0 Å². The summed E-state index contributed by atoms with van der Waals surface area (Å²) in [6, 6.07) is 0. The molecule has 0 radical (unpaired) electrons. The topological polar surface area (TPSA) is 40.5 Å². The zero-order chi connectivity index (χ0) is 18.0. The first-order chi connectivity index (χ1) is 11.4. The van der Waals surface area contributed by atoms with Crippen LogP contribution in [0.3, 0.4) is 0 Å². The minimum Gasteiger partial charge on any atom is -0.396 e. The van der Waals surface area contributed by atoms with Crippen LogP contribution >= 0.6 is 0 Å². The molecule has 3 saturated carbocycles. The molecule has 0 spiro atoms. The van der Waals surface area contributed by atoms with Gasteiger partial charge in [-0.15, -0.1) is 0 Å². The summed E-state index contributed by atoms with van der Waals surface area (Å²) < 4.78 is 0. The maximum absolute atomic E-state index is 10.1. The number of rotatable bonds is 3.